The number of nitrogens with two attached hydrogens (primary N) is 1. The van der Waals surface area contributed by atoms with Gasteiger partial charge in [-0.15, -0.1) is 5.10 Å². The third-order valence-electron chi connectivity index (χ3n) is 2.37. The summed E-state index contributed by atoms with van der Waals surface area (Å²) in [5.74, 6) is -0.892. The summed E-state index contributed by atoms with van der Waals surface area (Å²) in [4.78, 5) is 9.83. The number of nitrogens with zero attached hydrogens (tertiary/aromatic N) is 4. The van der Waals surface area contributed by atoms with Gasteiger partial charge in [-0.1, -0.05) is 5.21 Å². The number of benzene rings is 1. The van der Waals surface area contributed by atoms with E-state index in [1.807, 2.05) is 0 Å². The summed E-state index contributed by atoms with van der Waals surface area (Å²) >= 11 is 0. The van der Waals surface area contributed by atoms with Crippen LogP contribution in [0.4, 0.5) is 10.1 Å². The summed E-state index contributed by atoms with van der Waals surface area (Å²) in [6, 6.07) is 3.19. The van der Waals surface area contributed by atoms with Gasteiger partial charge in [0.25, 0.3) is 0 Å². The van der Waals surface area contributed by atoms with Gasteiger partial charge in [0.05, 0.1) is 22.5 Å². The summed E-state index contributed by atoms with van der Waals surface area (Å²) in [7, 11) is 0. The van der Waals surface area contributed by atoms with Crippen molar-refractivity contribution in [2.75, 3.05) is 0 Å². The Hall–Kier alpha value is -2.35. The Kier molecular flexibility index (Phi) is 3.02. The maximum Gasteiger partial charge on any atom is 0.306 e. The summed E-state index contributed by atoms with van der Waals surface area (Å²) < 4.78 is 14.5. The van der Waals surface area contributed by atoms with Gasteiger partial charge in [0.15, 0.2) is 0 Å². The molecule has 2 rings (SSSR count). The minimum absolute atomic E-state index is 0.297. The maximum atomic E-state index is 13.2. The van der Waals surface area contributed by atoms with E-state index in [-0.39, 0.29) is 6.04 Å². The fourth-order valence-corrected chi connectivity index (χ4v) is 1.40. The molecule has 0 bridgehead atoms. The van der Waals surface area contributed by atoms with Crippen molar-refractivity contribution < 1.29 is 9.31 Å². The first-order valence-electron chi connectivity index (χ1n) is 5.11. The number of hydrogen-bond acceptors (Lipinski definition) is 5. The highest BCUT2D eigenvalue weighted by molar-refractivity contribution is 5.43. The Morgan fingerprint density at radius 1 is 1.56 bits per heavy atom. The van der Waals surface area contributed by atoms with E-state index >= 15 is 0 Å². The van der Waals surface area contributed by atoms with Crippen LogP contribution in [0.25, 0.3) is 5.69 Å². The van der Waals surface area contributed by atoms with Gasteiger partial charge >= 0.3 is 5.69 Å². The second-order valence-corrected chi connectivity index (χ2v) is 3.77. The molecule has 18 heavy (non-hydrogen) atoms. The fraction of sp³-hybridized carbons (Fsp3) is 0.200. The van der Waals surface area contributed by atoms with Crippen molar-refractivity contribution in [2.45, 2.75) is 13.0 Å². The second kappa shape index (κ2) is 4.49. The molecule has 0 fully saturated rings. The molecule has 0 spiro atoms. The number of nitro groups is 1. The first-order chi connectivity index (χ1) is 8.49. The zero-order chi connectivity index (χ0) is 13.3. The molecule has 1 atom stereocenters. The van der Waals surface area contributed by atoms with Gasteiger partial charge in [0.1, 0.15) is 0 Å². The van der Waals surface area contributed by atoms with Gasteiger partial charge in [-0.25, -0.2) is 4.68 Å². The normalized spacial score (nSPS) is 12.4. The van der Waals surface area contributed by atoms with Crippen molar-refractivity contribution in [3.8, 4) is 5.69 Å². The van der Waals surface area contributed by atoms with Crippen molar-refractivity contribution in [1.29, 1.82) is 0 Å². The zero-order valence-electron chi connectivity index (χ0n) is 9.45. The van der Waals surface area contributed by atoms with Crippen molar-refractivity contribution in [3.63, 3.8) is 0 Å². The van der Waals surface area contributed by atoms with Gasteiger partial charge in [-0.2, -0.15) is 4.39 Å². The standard InChI is InChI=1S/C10H10FN5O2/c1-6(12)9-5-15(14-13-9)7-2-3-8(11)10(4-7)16(17)18/h2-6H,12H2,1H3. The molecule has 1 aromatic carbocycles. The van der Waals surface area contributed by atoms with Crippen molar-refractivity contribution in [1.82, 2.24) is 15.0 Å². The Balaban J connectivity index is 2.44. The number of halogens is 1. The summed E-state index contributed by atoms with van der Waals surface area (Å²) in [5.41, 5.74) is 5.91. The van der Waals surface area contributed by atoms with Crippen LogP contribution in [0.1, 0.15) is 18.7 Å². The number of hydrogen-bond donors (Lipinski definition) is 1. The molecular formula is C10H10FN5O2. The first kappa shape index (κ1) is 12.1. The number of rotatable bonds is 3. The molecule has 8 heteroatoms. The van der Waals surface area contributed by atoms with Gasteiger partial charge in [0, 0.05) is 12.1 Å². The van der Waals surface area contributed by atoms with E-state index in [0.717, 1.165) is 12.1 Å². The van der Waals surface area contributed by atoms with Crippen LogP contribution in [-0.4, -0.2) is 19.9 Å². The van der Waals surface area contributed by atoms with Gasteiger partial charge < -0.3 is 5.73 Å². The van der Waals surface area contributed by atoms with Crippen LogP contribution in [0.5, 0.6) is 0 Å². The second-order valence-electron chi connectivity index (χ2n) is 3.77. The fourth-order valence-electron chi connectivity index (χ4n) is 1.40. The highest BCUT2D eigenvalue weighted by Crippen LogP contribution is 2.20. The lowest BCUT2D eigenvalue weighted by atomic mass is 10.2. The van der Waals surface area contributed by atoms with E-state index in [2.05, 4.69) is 10.3 Å². The maximum absolute atomic E-state index is 13.2. The average Bonchev–Trinajstić information content (AvgIpc) is 2.78. The zero-order valence-corrected chi connectivity index (χ0v) is 9.45. The SMILES string of the molecule is CC(N)c1cn(-c2ccc(F)c([N+](=O)[O-])c2)nn1. The van der Waals surface area contributed by atoms with Gasteiger partial charge in [0.2, 0.25) is 5.82 Å². The molecule has 0 aliphatic heterocycles. The largest absolute Gasteiger partial charge is 0.323 e. The third-order valence-corrected chi connectivity index (χ3v) is 2.37. The predicted octanol–water partition coefficient (Wildman–Crippen LogP) is 1.33. The molecule has 0 radical (unpaired) electrons. The summed E-state index contributed by atoms with van der Waals surface area (Å²) in [5, 5.41) is 18.2. The third kappa shape index (κ3) is 2.18. The number of aromatic nitrogens is 3. The molecule has 0 aliphatic carbocycles. The van der Waals surface area contributed by atoms with Crippen molar-refractivity contribution >= 4 is 5.69 Å². The minimum Gasteiger partial charge on any atom is -0.323 e. The van der Waals surface area contributed by atoms with Gasteiger partial charge in [-0.3, -0.25) is 10.1 Å². The van der Waals surface area contributed by atoms with E-state index < -0.39 is 16.4 Å². The highest BCUT2D eigenvalue weighted by atomic mass is 19.1. The molecule has 0 amide bonds. The molecule has 1 aromatic heterocycles. The molecule has 0 saturated carbocycles. The molecule has 1 heterocycles. The molecule has 7 nitrogen and oxygen atoms in total. The highest BCUT2D eigenvalue weighted by Gasteiger charge is 2.16. The van der Waals surface area contributed by atoms with Crippen molar-refractivity contribution in [2.24, 2.45) is 5.73 Å². The topological polar surface area (TPSA) is 99.9 Å². The lowest BCUT2D eigenvalue weighted by molar-refractivity contribution is -0.387. The van der Waals surface area contributed by atoms with Crippen LogP contribution in [-0.2, 0) is 0 Å². The van der Waals surface area contributed by atoms with E-state index in [0.29, 0.717) is 11.4 Å². The molecule has 94 valence electrons. The lowest BCUT2D eigenvalue weighted by Gasteiger charge is -2.00. The number of nitro benzene ring substituents is 1. The van der Waals surface area contributed by atoms with Crippen LogP contribution in [0.15, 0.2) is 24.4 Å². The van der Waals surface area contributed by atoms with Crippen LogP contribution in [0, 0.1) is 15.9 Å². The smallest absolute Gasteiger partial charge is 0.306 e. The Bertz CT molecular complexity index is 596. The van der Waals surface area contributed by atoms with E-state index in [1.165, 1.54) is 10.7 Å². The summed E-state index contributed by atoms with van der Waals surface area (Å²) in [6.45, 7) is 1.74. The van der Waals surface area contributed by atoms with E-state index in [4.69, 9.17) is 5.73 Å². The van der Waals surface area contributed by atoms with Crippen molar-refractivity contribution in [3.05, 3.63) is 46.0 Å². The summed E-state index contributed by atoms with van der Waals surface area (Å²) in [6.07, 6.45) is 1.54. The Morgan fingerprint density at radius 2 is 2.28 bits per heavy atom. The molecule has 0 saturated heterocycles. The van der Waals surface area contributed by atoms with Gasteiger partial charge in [-0.05, 0) is 19.1 Å². The predicted molar refractivity (Wildman–Crippen MR) is 60.6 cm³/mol. The van der Waals surface area contributed by atoms with Crippen LogP contribution >= 0.6 is 0 Å². The van der Waals surface area contributed by atoms with Crippen LogP contribution in [0.2, 0.25) is 0 Å². The molecular weight excluding hydrogens is 241 g/mol. The Labute approximate surface area is 101 Å². The molecule has 2 N–H and O–H groups in total. The molecule has 1 unspecified atom stereocenters. The van der Waals surface area contributed by atoms with E-state index in [9.17, 15) is 14.5 Å². The first-order valence-corrected chi connectivity index (χ1v) is 5.11. The Morgan fingerprint density at radius 3 is 2.83 bits per heavy atom. The quantitative estimate of drug-likeness (QED) is 0.655. The monoisotopic (exact) mass is 251 g/mol. The molecule has 2 aromatic rings. The lowest BCUT2D eigenvalue weighted by Crippen LogP contribution is -2.04. The van der Waals surface area contributed by atoms with E-state index in [1.54, 1.807) is 13.1 Å². The minimum atomic E-state index is -0.892. The van der Waals surface area contributed by atoms with Crippen LogP contribution in [0.3, 0.4) is 0 Å². The van der Waals surface area contributed by atoms with Crippen LogP contribution < -0.4 is 5.73 Å². The molecule has 0 aliphatic rings. The average molecular weight is 251 g/mol.